The third-order valence-corrected chi connectivity index (χ3v) is 4.43. The van der Waals surface area contributed by atoms with Crippen LogP contribution in [0.1, 0.15) is 20.3 Å². The van der Waals surface area contributed by atoms with Crippen molar-refractivity contribution in [1.82, 2.24) is 10.0 Å². The number of sulfonamides is 1. The molecule has 6 nitrogen and oxygen atoms in total. The Morgan fingerprint density at radius 3 is 2.65 bits per heavy atom. The van der Waals surface area contributed by atoms with Gasteiger partial charge in [0.25, 0.3) is 0 Å². The van der Waals surface area contributed by atoms with E-state index in [-0.39, 0.29) is 21.5 Å². The van der Waals surface area contributed by atoms with E-state index in [4.69, 9.17) is 17.3 Å². The maximum atomic E-state index is 12.1. The van der Waals surface area contributed by atoms with Gasteiger partial charge >= 0.3 is 0 Å². The summed E-state index contributed by atoms with van der Waals surface area (Å²) in [5.41, 5.74) is 5.73. The van der Waals surface area contributed by atoms with Crippen LogP contribution in [0.25, 0.3) is 0 Å². The average molecular weight is 320 g/mol. The maximum Gasteiger partial charge on any atom is 0.241 e. The van der Waals surface area contributed by atoms with E-state index in [2.05, 4.69) is 10.0 Å². The van der Waals surface area contributed by atoms with E-state index in [1.807, 2.05) is 6.92 Å². The highest BCUT2D eigenvalue weighted by Gasteiger charge is 2.22. The highest BCUT2D eigenvalue weighted by atomic mass is 35.5. The molecular weight excluding hydrogens is 302 g/mol. The van der Waals surface area contributed by atoms with Crippen LogP contribution in [-0.4, -0.2) is 26.9 Å². The van der Waals surface area contributed by atoms with Crippen LogP contribution in [0.2, 0.25) is 5.02 Å². The van der Waals surface area contributed by atoms with Crippen molar-refractivity contribution in [2.75, 3.05) is 12.3 Å². The lowest BCUT2D eigenvalue weighted by atomic mass is 10.3. The van der Waals surface area contributed by atoms with Crippen molar-refractivity contribution < 1.29 is 13.2 Å². The minimum atomic E-state index is -3.82. The van der Waals surface area contributed by atoms with Gasteiger partial charge in [-0.05, 0) is 31.5 Å². The molecule has 0 saturated heterocycles. The molecule has 0 aliphatic carbocycles. The van der Waals surface area contributed by atoms with Gasteiger partial charge in [0.15, 0.2) is 0 Å². The number of hydrogen-bond acceptors (Lipinski definition) is 4. The first-order valence-corrected chi connectivity index (χ1v) is 7.99. The first-order valence-electron chi connectivity index (χ1n) is 6.13. The predicted molar refractivity (Wildman–Crippen MR) is 78.9 cm³/mol. The third-order valence-electron chi connectivity index (χ3n) is 2.55. The van der Waals surface area contributed by atoms with Crippen molar-refractivity contribution in [3.05, 3.63) is 23.2 Å². The van der Waals surface area contributed by atoms with E-state index in [9.17, 15) is 13.2 Å². The Hall–Kier alpha value is -1.31. The van der Waals surface area contributed by atoms with Crippen LogP contribution >= 0.6 is 11.6 Å². The molecular formula is C12H18ClN3O3S. The van der Waals surface area contributed by atoms with E-state index >= 15 is 0 Å². The highest BCUT2D eigenvalue weighted by Crippen LogP contribution is 2.22. The molecule has 8 heteroatoms. The van der Waals surface area contributed by atoms with Crippen LogP contribution in [0.3, 0.4) is 0 Å². The van der Waals surface area contributed by atoms with Crippen LogP contribution in [0.4, 0.5) is 5.69 Å². The first kappa shape index (κ1) is 16.7. The zero-order valence-corrected chi connectivity index (χ0v) is 12.9. The number of nitrogen functional groups attached to an aromatic ring is 1. The van der Waals surface area contributed by atoms with Crippen molar-refractivity contribution >= 4 is 33.2 Å². The fraction of sp³-hybridized carbons (Fsp3) is 0.417. The molecule has 0 saturated carbocycles. The SMILES string of the molecule is CCCNC(=O)C(C)NS(=O)(=O)c1ccc(Cl)c(N)c1. The Bertz CT molecular complexity index is 590. The minimum Gasteiger partial charge on any atom is -0.397 e. The molecule has 112 valence electrons. The summed E-state index contributed by atoms with van der Waals surface area (Å²) < 4.78 is 26.5. The zero-order valence-electron chi connectivity index (χ0n) is 11.3. The molecule has 0 bridgehead atoms. The fourth-order valence-electron chi connectivity index (χ4n) is 1.44. The molecule has 1 aromatic rings. The minimum absolute atomic E-state index is 0.0328. The topological polar surface area (TPSA) is 101 Å². The number of nitrogens with one attached hydrogen (secondary N) is 2. The number of hydrogen-bond donors (Lipinski definition) is 3. The lowest BCUT2D eigenvalue weighted by molar-refractivity contribution is -0.122. The number of rotatable bonds is 6. The van der Waals surface area contributed by atoms with Gasteiger partial charge in [-0.25, -0.2) is 8.42 Å². The van der Waals surface area contributed by atoms with Gasteiger partial charge in [-0.15, -0.1) is 0 Å². The molecule has 1 unspecified atom stereocenters. The van der Waals surface area contributed by atoms with Gasteiger partial charge in [-0.1, -0.05) is 18.5 Å². The summed E-state index contributed by atoms with van der Waals surface area (Å²) in [5, 5.41) is 2.89. The molecule has 0 heterocycles. The Morgan fingerprint density at radius 1 is 1.45 bits per heavy atom. The van der Waals surface area contributed by atoms with E-state index < -0.39 is 16.1 Å². The summed E-state index contributed by atoms with van der Waals surface area (Å²) in [6.07, 6.45) is 0.777. The standard InChI is InChI=1S/C12H18ClN3O3S/c1-3-6-15-12(17)8(2)16-20(18,19)9-4-5-10(13)11(14)7-9/h4-5,7-8,16H,3,6,14H2,1-2H3,(H,15,17). The molecule has 1 atom stereocenters. The van der Waals surface area contributed by atoms with Crippen LogP contribution in [0.5, 0.6) is 0 Å². The van der Waals surface area contributed by atoms with Gasteiger partial charge in [-0.3, -0.25) is 4.79 Å². The predicted octanol–water partition coefficient (Wildman–Crippen LogP) is 1.12. The Labute approximate surface area is 123 Å². The summed E-state index contributed by atoms with van der Waals surface area (Å²) in [6, 6.07) is 3.11. The van der Waals surface area contributed by atoms with E-state index in [0.29, 0.717) is 6.54 Å². The van der Waals surface area contributed by atoms with Crippen molar-refractivity contribution in [1.29, 1.82) is 0 Å². The number of halogens is 1. The molecule has 0 fully saturated rings. The molecule has 0 radical (unpaired) electrons. The number of anilines is 1. The maximum absolute atomic E-state index is 12.1. The molecule has 1 aromatic carbocycles. The molecule has 4 N–H and O–H groups in total. The molecule has 1 rings (SSSR count). The average Bonchev–Trinajstić information content (AvgIpc) is 2.38. The number of carbonyl (C=O) groups is 1. The first-order chi connectivity index (χ1) is 9.27. The number of benzene rings is 1. The number of amides is 1. The molecule has 1 amide bonds. The second-order valence-electron chi connectivity index (χ2n) is 4.32. The molecule has 0 spiro atoms. The van der Waals surface area contributed by atoms with Gasteiger partial charge < -0.3 is 11.1 Å². The lowest BCUT2D eigenvalue weighted by Gasteiger charge is -2.14. The van der Waals surface area contributed by atoms with E-state index in [0.717, 1.165) is 6.42 Å². The third kappa shape index (κ3) is 4.36. The Kier molecular flexibility index (Phi) is 5.79. The smallest absolute Gasteiger partial charge is 0.241 e. The quantitative estimate of drug-likeness (QED) is 0.684. The number of carbonyl (C=O) groups excluding carboxylic acids is 1. The second kappa shape index (κ2) is 6.92. The monoisotopic (exact) mass is 319 g/mol. The summed E-state index contributed by atoms with van der Waals surface area (Å²) in [6.45, 7) is 3.88. The van der Waals surface area contributed by atoms with Gasteiger partial charge in [0.05, 0.1) is 21.6 Å². The van der Waals surface area contributed by atoms with Crippen LogP contribution in [0, 0.1) is 0 Å². The molecule has 0 aliphatic rings. The van der Waals surface area contributed by atoms with Gasteiger partial charge in [0, 0.05) is 6.54 Å². The zero-order chi connectivity index (χ0) is 15.3. The van der Waals surface area contributed by atoms with Crippen molar-refractivity contribution in [2.45, 2.75) is 31.2 Å². The van der Waals surface area contributed by atoms with E-state index in [1.165, 1.54) is 25.1 Å². The summed E-state index contributed by atoms with van der Waals surface area (Å²) >= 11 is 5.74. The van der Waals surface area contributed by atoms with Gasteiger partial charge in [0.1, 0.15) is 0 Å². The van der Waals surface area contributed by atoms with Crippen molar-refractivity contribution in [3.63, 3.8) is 0 Å². The molecule has 0 aliphatic heterocycles. The van der Waals surface area contributed by atoms with Crippen LogP contribution in [-0.2, 0) is 14.8 Å². The summed E-state index contributed by atoms with van der Waals surface area (Å²) in [7, 11) is -3.82. The largest absolute Gasteiger partial charge is 0.397 e. The van der Waals surface area contributed by atoms with Gasteiger partial charge in [-0.2, -0.15) is 4.72 Å². The fourth-order valence-corrected chi connectivity index (χ4v) is 2.80. The van der Waals surface area contributed by atoms with Crippen molar-refractivity contribution in [3.8, 4) is 0 Å². The van der Waals surface area contributed by atoms with Crippen LogP contribution in [0.15, 0.2) is 23.1 Å². The van der Waals surface area contributed by atoms with Gasteiger partial charge in [0.2, 0.25) is 15.9 Å². The van der Waals surface area contributed by atoms with Crippen molar-refractivity contribution in [2.24, 2.45) is 0 Å². The van der Waals surface area contributed by atoms with Crippen LogP contribution < -0.4 is 15.8 Å². The Balaban J connectivity index is 2.84. The Morgan fingerprint density at radius 2 is 2.10 bits per heavy atom. The highest BCUT2D eigenvalue weighted by molar-refractivity contribution is 7.89. The summed E-state index contributed by atoms with van der Waals surface area (Å²) in [5.74, 6) is -0.377. The normalized spacial score (nSPS) is 12.9. The lowest BCUT2D eigenvalue weighted by Crippen LogP contribution is -2.44. The summed E-state index contributed by atoms with van der Waals surface area (Å²) in [4.78, 5) is 11.6. The number of nitrogens with two attached hydrogens (primary N) is 1. The molecule has 20 heavy (non-hydrogen) atoms. The molecule has 0 aromatic heterocycles. The van der Waals surface area contributed by atoms with E-state index in [1.54, 1.807) is 0 Å². The second-order valence-corrected chi connectivity index (χ2v) is 6.44.